The molecular formula is C23H27N3O4S. The lowest BCUT2D eigenvalue weighted by Crippen LogP contribution is -2.41. The van der Waals surface area contributed by atoms with Gasteiger partial charge in [-0.1, -0.05) is 42.5 Å². The number of nitrogens with zero attached hydrogens (tertiary/aromatic N) is 3. The van der Waals surface area contributed by atoms with Crippen molar-refractivity contribution in [3.63, 3.8) is 0 Å². The number of carbonyl (C=O) groups excluding carboxylic acids is 1. The summed E-state index contributed by atoms with van der Waals surface area (Å²) < 4.78 is 28.9. The first-order valence-corrected chi connectivity index (χ1v) is 12.2. The molecule has 2 aliphatic rings. The van der Waals surface area contributed by atoms with Crippen molar-refractivity contribution in [2.75, 3.05) is 32.2 Å². The molecule has 1 amide bonds. The van der Waals surface area contributed by atoms with Gasteiger partial charge in [0.2, 0.25) is 0 Å². The van der Waals surface area contributed by atoms with Crippen molar-refractivity contribution in [3.8, 4) is 5.75 Å². The number of benzene rings is 2. The van der Waals surface area contributed by atoms with Crippen LogP contribution in [0.3, 0.4) is 0 Å². The number of hydrogen-bond acceptors (Lipinski definition) is 6. The fraction of sp³-hybridized carbons (Fsp3) is 0.391. The Hall–Kier alpha value is -2.71. The second-order valence-electron chi connectivity index (χ2n) is 8.12. The molecule has 31 heavy (non-hydrogen) atoms. The molecule has 164 valence electrons. The van der Waals surface area contributed by atoms with Crippen LogP contribution < -0.4 is 4.74 Å². The van der Waals surface area contributed by atoms with Crippen LogP contribution in [-0.2, 0) is 14.6 Å². The predicted octanol–water partition coefficient (Wildman–Crippen LogP) is 2.49. The third-order valence-corrected chi connectivity index (χ3v) is 7.74. The summed E-state index contributed by atoms with van der Waals surface area (Å²) in [4.78, 5) is 15.1. The van der Waals surface area contributed by atoms with Crippen LogP contribution in [0.25, 0.3) is 0 Å². The van der Waals surface area contributed by atoms with Crippen molar-refractivity contribution in [1.82, 2.24) is 9.91 Å². The molecule has 0 N–H and O–H groups in total. The van der Waals surface area contributed by atoms with Crippen molar-refractivity contribution in [3.05, 3.63) is 65.7 Å². The number of ether oxygens (including phenoxy) is 1. The molecule has 2 heterocycles. The van der Waals surface area contributed by atoms with Gasteiger partial charge in [0.1, 0.15) is 5.75 Å². The number of sulfone groups is 1. The Morgan fingerprint density at radius 3 is 2.48 bits per heavy atom. The van der Waals surface area contributed by atoms with Gasteiger partial charge in [-0.15, -0.1) is 0 Å². The molecule has 0 spiro atoms. The molecular weight excluding hydrogens is 414 g/mol. The first-order valence-electron chi connectivity index (χ1n) is 10.4. The van der Waals surface area contributed by atoms with Crippen LogP contribution in [0, 0.1) is 0 Å². The van der Waals surface area contributed by atoms with Gasteiger partial charge >= 0.3 is 0 Å². The average Bonchev–Trinajstić information content (AvgIpc) is 3.38. The van der Waals surface area contributed by atoms with Crippen LogP contribution in [0.1, 0.15) is 30.0 Å². The molecule has 0 saturated carbocycles. The van der Waals surface area contributed by atoms with E-state index in [1.54, 1.807) is 12.1 Å². The van der Waals surface area contributed by atoms with E-state index in [4.69, 9.17) is 9.84 Å². The van der Waals surface area contributed by atoms with E-state index in [-0.39, 0.29) is 36.0 Å². The van der Waals surface area contributed by atoms with Crippen LogP contribution in [0.5, 0.6) is 5.75 Å². The summed E-state index contributed by atoms with van der Waals surface area (Å²) in [5.74, 6) is 0.909. The lowest BCUT2D eigenvalue weighted by molar-refractivity contribution is -0.134. The van der Waals surface area contributed by atoms with Crippen LogP contribution in [-0.4, -0.2) is 68.2 Å². The molecule has 0 aromatic heterocycles. The Labute approximate surface area is 183 Å². The molecule has 2 aromatic rings. The average molecular weight is 442 g/mol. The quantitative estimate of drug-likeness (QED) is 0.688. The molecule has 8 heteroatoms. The Morgan fingerprint density at radius 2 is 1.87 bits per heavy atom. The largest absolute Gasteiger partial charge is 0.497 e. The topological polar surface area (TPSA) is 79.3 Å². The summed E-state index contributed by atoms with van der Waals surface area (Å²) in [5.41, 5.74) is 2.84. The number of carbonyl (C=O) groups is 1. The van der Waals surface area contributed by atoms with E-state index in [0.717, 1.165) is 22.6 Å². The minimum Gasteiger partial charge on any atom is -0.497 e. The summed E-state index contributed by atoms with van der Waals surface area (Å²) >= 11 is 0. The number of hydrazone groups is 1. The summed E-state index contributed by atoms with van der Waals surface area (Å²) in [6.45, 7) is 0.123. The third-order valence-electron chi connectivity index (χ3n) is 5.99. The molecule has 2 aromatic carbocycles. The molecule has 1 saturated heterocycles. The maximum atomic E-state index is 13.3. The summed E-state index contributed by atoms with van der Waals surface area (Å²) in [6, 6.07) is 17.2. The van der Waals surface area contributed by atoms with E-state index in [2.05, 4.69) is 0 Å². The lowest BCUT2D eigenvalue weighted by Gasteiger charge is -2.27. The van der Waals surface area contributed by atoms with Crippen LogP contribution in [0.15, 0.2) is 59.7 Å². The van der Waals surface area contributed by atoms with Crippen LogP contribution in [0.4, 0.5) is 0 Å². The lowest BCUT2D eigenvalue weighted by atomic mass is 9.98. The minimum atomic E-state index is -3.01. The number of amides is 1. The highest BCUT2D eigenvalue weighted by Gasteiger charge is 2.36. The van der Waals surface area contributed by atoms with Gasteiger partial charge in [0, 0.05) is 12.5 Å². The van der Waals surface area contributed by atoms with Gasteiger partial charge in [0.05, 0.1) is 36.9 Å². The van der Waals surface area contributed by atoms with Crippen LogP contribution >= 0.6 is 0 Å². The maximum Gasteiger partial charge on any atom is 0.257 e. The van der Waals surface area contributed by atoms with Crippen molar-refractivity contribution in [2.24, 2.45) is 5.10 Å². The maximum absolute atomic E-state index is 13.3. The molecule has 4 rings (SSSR count). The molecule has 7 nitrogen and oxygen atoms in total. The molecule has 0 bridgehead atoms. The standard InChI is InChI=1S/C23H27N3O4S/c1-25(19-12-13-31(28,29)16-19)15-23(27)26-22(18-8-10-20(30-2)11-9-18)14-21(24-26)17-6-4-3-5-7-17/h3-11,19,22H,12-16H2,1-2H3/t19-,22+/m0/s1. The molecule has 0 radical (unpaired) electrons. The van der Waals surface area contributed by atoms with Crippen molar-refractivity contribution in [1.29, 1.82) is 0 Å². The third kappa shape index (κ3) is 4.80. The highest BCUT2D eigenvalue weighted by atomic mass is 32.2. The van der Waals surface area contributed by atoms with E-state index in [0.29, 0.717) is 12.8 Å². The van der Waals surface area contributed by atoms with E-state index < -0.39 is 9.84 Å². The summed E-state index contributed by atoms with van der Waals surface area (Å²) in [5, 5.41) is 6.25. The van der Waals surface area contributed by atoms with E-state index in [1.165, 1.54) is 0 Å². The minimum absolute atomic E-state index is 0.108. The molecule has 1 fully saturated rings. The van der Waals surface area contributed by atoms with Crippen molar-refractivity contribution in [2.45, 2.75) is 24.9 Å². The van der Waals surface area contributed by atoms with Gasteiger partial charge < -0.3 is 4.74 Å². The van der Waals surface area contributed by atoms with Crippen LogP contribution in [0.2, 0.25) is 0 Å². The number of rotatable bonds is 6. The van der Waals surface area contributed by atoms with Crippen molar-refractivity contribution < 1.29 is 17.9 Å². The Bertz CT molecular complexity index is 1070. The summed E-state index contributed by atoms with van der Waals surface area (Å²) in [6.07, 6.45) is 1.18. The first kappa shape index (κ1) is 21.5. The molecule has 0 aliphatic carbocycles. The zero-order valence-corrected chi connectivity index (χ0v) is 18.6. The predicted molar refractivity (Wildman–Crippen MR) is 120 cm³/mol. The van der Waals surface area contributed by atoms with Gasteiger partial charge in [-0.3, -0.25) is 9.69 Å². The Kier molecular flexibility index (Phi) is 6.11. The Balaban J connectivity index is 1.56. The van der Waals surface area contributed by atoms with Crippen molar-refractivity contribution >= 4 is 21.5 Å². The Morgan fingerprint density at radius 1 is 1.16 bits per heavy atom. The molecule has 0 unspecified atom stereocenters. The SMILES string of the molecule is COc1ccc([C@H]2CC(c3ccccc3)=NN2C(=O)CN(C)[C@H]2CCS(=O)(=O)C2)cc1. The smallest absolute Gasteiger partial charge is 0.257 e. The fourth-order valence-electron chi connectivity index (χ4n) is 4.17. The number of likely N-dealkylation sites (N-methyl/N-ethyl adjacent to an activating group) is 1. The van der Waals surface area contributed by atoms with E-state index >= 15 is 0 Å². The normalized spacial score (nSPS) is 22.5. The van der Waals surface area contributed by atoms with Gasteiger partial charge in [-0.25, -0.2) is 13.4 Å². The molecule has 2 aliphatic heterocycles. The second kappa shape index (κ2) is 8.80. The monoisotopic (exact) mass is 441 g/mol. The van der Waals surface area contributed by atoms with Gasteiger partial charge in [-0.2, -0.15) is 5.10 Å². The molecule has 2 atom stereocenters. The van der Waals surface area contributed by atoms with Gasteiger partial charge in [0.25, 0.3) is 5.91 Å². The zero-order chi connectivity index (χ0) is 22.0. The number of hydrogen-bond donors (Lipinski definition) is 0. The van der Waals surface area contributed by atoms with Gasteiger partial charge in [-0.05, 0) is 36.7 Å². The highest BCUT2D eigenvalue weighted by molar-refractivity contribution is 7.91. The zero-order valence-electron chi connectivity index (χ0n) is 17.8. The number of methoxy groups -OCH3 is 1. The van der Waals surface area contributed by atoms with E-state index in [9.17, 15) is 13.2 Å². The fourth-order valence-corrected chi connectivity index (χ4v) is 5.97. The van der Waals surface area contributed by atoms with Gasteiger partial charge in [0.15, 0.2) is 9.84 Å². The van der Waals surface area contributed by atoms with E-state index in [1.807, 2.05) is 66.5 Å². The summed E-state index contributed by atoms with van der Waals surface area (Å²) in [7, 11) is 0.424. The second-order valence-corrected chi connectivity index (χ2v) is 10.3. The first-order chi connectivity index (χ1) is 14.9. The highest BCUT2D eigenvalue weighted by Crippen LogP contribution is 2.34.